The van der Waals surface area contributed by atoms with Gasteiger partial charge in [0.25, 0.3) is 5.91 Å². The fourth-order valence-corrected chi connectivity index (χ4v) is 4.35. The van der Waals surface area contributed by atoms with Crippen molar-refractivity contribution < 1.29 is 18.7 Å². The maximum atomic E-state index is 13.4. The number of nitriles is 1. The molecule has 3 aromatic rings. The monoisotopic (exact) mass is 572 g/mol. The highest BCUT2D eigenvalue weighted by molar-refractivity contribution is 9.11. The van der Waals surface area contributed by atoms with Crippen LogP contribution in [-0.2, 0) is 11.4 Å². The number of amides is 1. The van der Waals surface area contributed by atoms with E-state index in [2.05, 4.69) is 37.2 Å². The lowest BCUT2D eigenvalue weighted by Gasteiger charge is -2.12. The summed E-state index contributed by atoms with van der Waals surface area (Å²) < 4.78 is 25.8. The smallest absolute Gasteiger partial charge is 0.266 e. The molecule has 3 rings (SSSR count). The number of anilines is 1. The van der Waals surface area contributed by atoms with Crippen LogP contribution < -0.4 is 14.8 Å². The molecule has 0 spiro atoms. The molecule has 1 amide bonds. The summed E-state index contributed by atoms with van der Waals surface area (Å²) in [6.45, 7) is 2.62. The van der Waals surface area contributed by atoms with Crippen molar-refractivity contribution in [1.29, 1.82) is 5.26 Å². The third-order valence-electron chi connectivity index (χ3n) is 4.39. The first kappa shape index (κ1) is 24.5. The number of carbonyl (C=O) groups is 1. The van der Waals surface area contributed by atoms with E-state index in [1.807, 2.05) is 13.0 Å². The first-order chi connectivity index (χ1) is 15.9. The Hall–Kier alpha value is -3.15. The molecule has 8 heteroatoms. The summed E-state index contributed by atoms with van der Waals surface area (Å²) in [5.74, 6) is 0.359. The summed E-state index contributed by atoms with van der Waals surface area (Å²) in [4.78, 5) is 12.6. The third kappa shape index (κ3) is 6.91. The van der Waals surface area contributed by atoms with Crippen LogP contribution >= 0.6 is 31.9 Å². The van der Waals surface area contributed by atoms with Crippen molar-refractivity contribution in [1.82, 2.24) is 0 Å². The Morgan fingerprint density at radius 2 is 1.79 bits per heavy atom. The number of hydrogen-bond donors (Lipinski definition) is 1. The quantitative estimate of drug-likeness (QED) is 0.236. The molecule has 0 atom stereocenters. The Kier molecular flexibility index (Phi) is 8.64. The Morgan fingerprint density at radius 1 is 1.09 bits per heavy atom. The highest BCUT2D eigenvalue weighted by Crippen LogP contribution is 2.36. The van der Waals surface area contributed by atoms with Gasteiger partial charge >= 0.3 is 0 Å². The number of rotatable bonds is 8. The maximum Gasteiger partial charge on any atom is 0.266 e. The summed E-state index contributed by atoms with van der Waals surface area (Å²) >= 11 is 6.91. The van der Waals surface area contributed by atoms with Gasteiger partial charge in [-0.05, 0) is 105 Å². The van der Waals surface area contributed by atoms with Gasteiger partial charge in [-0.2, -0.15) is 5.26 Å². The van der Waals surface area contributed by atoms with Gasteiger partial charge in [0.2, 0.25) is 0 Å². The standard InChI is InChI=1S/C25H19Br2FN2O3/c1-2-32-21-8-6-20(7-9-21)30-25(31)18(14-29)10-17-12-22(26)24(23(27)13-17)33-15-16-4-3-5-19(28)11-16/h3-13H,2,15H2,1H3,(H,30,31)/b18-10-. The van der Waals surface area contributed by atoms with Crippen molar-refractivity contribution >= 4 is 49.5 Å². The summed E-state index contributed by atoms with van der Waals surface area (Å²) in [6.07, 6.45) is 1.48. The van der Waals surface area contributed by atoms with Crippen LogP contribution in [-0.4, -0.2) is 12.5 Å². The van der Waals surface area contributed by atoms with Crippen molar-refractivity contribution in [2.24, 2.45) is 0 Å². The summed E-state index contributed by atoms with van der Waals surface area (Å²) in [6, 6.07) is 18.4. The second-order valence-electron chi connectivity index (χ2n) is 6.81. The number of halogens is 3. The Balaban J connectivity index is 1.73. The van der Waals surface area contributed by atoms with Gasteiger partial charge in [0, 0.05) is 5.69 Å². The second-order valence-corrected chi connectivity index (χ2v) is 8.52. The molecular formula is C25H19Br2FN2O3. The molecule has 1 N–H and O–H groups in total. The van der Waals surface area contributed by atoms with E-state index >= 15 is 0 Å². The SMILES string of the molecule is CCOc1ccc(NC(=O)/C(C#N)=C\c2cc(Br)c(OCc3cccc(F)c3)c(Br)c2)cc1. The Bertz CT molecular complexity index is 1200. The molecule has 0 unspecified atom stereocenters. The zero-order valence-corrected chi connectivity index (χ0v) is 20.7. The minimum Gasteiger partial charge on any atom is -0.494 e. The fourth-order valence-electron chi connectivity index (χ4n) is 2.90. The minimum atomic E-state index is -0.527. The lowest BCUT2D eigenvalue weighted by Crippen LogP contribution is -2.13. The number of hydrogen-bond acceptors (Lipinski definition) is 4. The Labute approximate surface area is 208 Å². The average molecular weight is 574 g/mol. The lowest BCUT2D eigenvalue weighted by atomic mass is 10.1. The fraction of sp³-hybridized carbons (Fsp3) is 0.120. The molecular weight excluding hydrogens is 555 g/mol. The van der Waals surface area contributed by atoms with Gasteiger partial charge in [-0.15, -0.1) is 0 Å². The maximum absolute atomic E-state index is 13.4. The molecule has 33 heavy (non-hydrogen) atoms. The van der Waals surface area contributed by atoms with E-state index in [0.29, 0.717) is 43.9 Å². The largest absolute Gasteiger partial charge is 0.494 e. The summed E-state index contributed by atoms with van der Waals surface area (Å²) in [5.41, 5.74) is 1.80. The molecule has 0 saturated carbocycles. The van der Waals surface area contributed by atoms with Gasteiger partial charge in [0.05, 0.1) is 15.6 Å². The number of ether oxygens (including phenoxy) is 2. The van der Waals surface area contributed by atoms with Crippen LogP contribution in [0.4, 0.5) is 10.1 Å². The predicted molar refractivity (Wildman–Crippen MR) is 132 cm³/mol. The first-order valence-electron chi connectivity index (χ1n) is 9.92. The van der Waals surface area contributed by atoms with E-state index in [-0.39, 0.29) is 18.0 Å². The van der Waals surface area contributed by atoms with Crippen molar-refractivity contribution in [2.45, 2.75) is 13.5 Å². The molecule has 0 aliphatic rings. The summed E-state index contributed by atoms with van der Waals surface area (Å²) in [5, 5.41) is 12.2. The van der Waals surface area contributed by atoms with Crippen LogP contribution in [0.25, 0.3) is 6.08 Å². The predicted octanol–water partition coefficient (Wildman–Crippen LogP) is 6.87. The zero-order valence-electron chi connectivity index (χ0n) is 17.6. The van der Waals surface area contributed by atoms with E-state index in [1.54, 1.807) is 48.5 Å². The van der Waals surface area contributed by atoms with Gasteiger partial charge in [0.15, 0.2) is 0 Å². The van der Waals surface area contributed by atoms with Crippen molar-refractivity contribution in [3.8, 4) is 17.6 Å². The van der Waals surface area contributed by atoms with Gasteiger partial charge in [-0.25, -0.2) is 4.39 Å². The van der Waals surface area contributed by atoms with Crippen molar-refractivity contribution in [3.63, 3.8) is 0 Å². The summed E-state index contributed by atoms with van der Waals surface area (Å²) in [7, 11) is 0. The van der Waals surface area contributed by atoms with Gasteiger partial charge < -0.3 is 14.8 Å². The normalized spacial score (nSPS) is 10.9. The van der Waals surface area contributed by atoms with Crippen LogP contribution in [0.3, 0.4) is 0 Å². The van der Waals surface area contributed by atoms with Gasteiger partial charge in [-0.3, -0.25) is 4.79 Å². The zero-order chi connectivity index (χ0) is 23.8. The third-order valence-corrected chi connectivity index (χ3v) is 5.57. The van der Waals surface area contributed by atoms with Crippen LogP contribution in [0.15, 0.2) is 75.2 Å². The number of carbonyl (C=O) groups excluding carboxylic acids is 1. The van der Waals surface area contributed by atoms with Crippen LogP contribution in [0.5, 0.6) is 11.5 Å². The molecule has 0 bridgehead atoms. The van der Waals surface area contributed by atoms with Crippen molar-refractivity contribution in [3.05, 3.63) is 92.1 Å². The highest BCUT2D eigenvalue weighted by Gasteiger charge is 2.13. The number of nitrogens with one attached hydrogen (secondary N) is 1. The van der Waals surface area contributed by atoms with E-state index in [9.17, 15) is 14.4 Å². The van der Waals surface area contributed by atoms with E-state index in [4.69, 9.17) is 9.47 Å². The van der Waals surface area contributed by atoms with E-state index in [0.717, 1.165) is 0 Å². The molecule has 168 valence electrons. The van der Waals surface area contributed by atoms with Gasteiger partial charge in [-0.1, -0.05) is 12.1 Å². The van der Waals surface area contributed by atoms with Crippen LogP contribution in [0, 0.1) is 17.1 Å². The van der Waals surface area contributed by atoms with Crippen LogP contribution in [0.1, 0.15) is 18.1 Å². The van der Waals surface area contributed by atoms with E-state index in [1.165, 1.54) is 18.2 Å². The van der Waals surface area contributed by atoms with Crippen molar-refractivity contribution in [2.75, 3.05) is 11.9 Å². The molecule has 3 aromatic carbocycles. The molecule has 5 nitrogen and oxygen atoms in total. The Morgan fingerprint density at radius 3 is 2.39 bits per heavy atom. The molecule has 0 radical (unpaired) electrons. The second kappa shape index (κ2) is 11.6. The highest BCUT2D eigenvalue weighted by atomic mass is 79.9. The van der Waals surface area contributed by atoms with Crippen LogP contribution in [0.2, 0.25) is 0 Å². The molecule has 0 saturated heterocycles. The molecule has 0 aliphatic carbocycles. The van der Waals surface area contributed by atoms with Gasteiger partial charge in [0.1, 0.15) is 35.6 Å². The number of benzene rings is 3. The minimum absolute atomic E-state index is 0.0592. The molecule has 0 fully saturated rings. The molecule has 0 aliphatic heterocycles. The molecule has 0 heterocycles. The lowest BCUT2D eigenvalue weighted by molar-refractivity contribution is -0.112. The van der Waals surface area contributed by atoms with E-state index < -0.39 is 5.91 Å². The average Bonchev–Trinajstić information content (AvgIpc) is 2.78. The molecule has 0 aromatic heterocycles. The number of nitrogens with zero attached hydrogens (tertiary/aromatic N) is 1. The topological polar surface area (TPSA) is 71.3 Å². The first-order valence-corrected chi connectivity index (χ1v) is 11.5.